The van der Waals surface area contributed by atoms with Crippen molar-refractivity contribution in [3.63, 3.8) is 0 Å². The Morgan fingerprint density at radius 1 is 0.967 bits per heavy atom. The Balaban J connectivity index is 1.50. The number of nitrogens with zero attached hydrogens (tertiary/aromatic N) is 2. The molecule has 0 spiro atoms. The molecule has 1 saturated carbocycles. The lowest BCUT2D eigenvalue weighted by molar-refractivity contribution is -0.255. The van der Waals surface area contributed by atoms with Gasteiger partial charge in [-0.15, -0.1) is 6.58 Å². The van der Waals surface area contributed by atoms with Gasteiger partial charge in [0, 0.05) is 44.7 Å². The average Bonchev–Trinajstić information content (AvgIpc) is 3.25. The molecule has 3 aromatic carbocycles. The third kappa shape index (κ3) is 10.8. The SMILES string of the molecule is C=CCOC12Oc3ccc(OC(=O)NCc4ccccc4)cc3C3C(CCCCO)C(CCCCO)C=C(C(=NOC(C)(C)C)CC1N(C)C(=O)Cc1cccc(OC)c1)C32. The molecule has 1 heterocycles. The van der Waals surface area contributed by atoms with Crippen LogP contribution in [0.3, 0.4) is 0 Å². The molecule has 1 fully saturated rings. The molecule has 328 valence electrons. The average molecular weight is 838 g/mol. The fourth-order valence-electron chi connectivity index (χ4n) is 9.15. The summed E-state index contributed by atoms with van der Waals surface area (Å²) >= 11 is 0. The van der Waals surface area contributed by atoms with E-state index >= 15 is 0 Å². The number of hydrogen-bond donors (Lipinski definition) is 3. The Labute approximate surface area is 360 Å². The maximum Gasteiger partial charge on any atom is 0.412 e. The molecule has 0 aromatic heterocycles. The number of likely N-dealkylation sites (N-methyl/N-ethyl adjacent to an activating group) is 1. The molecule has 3 aromatic rings. The smallest absolute Gasteiger partial charge is 0.412 e. The van der Waals surface area contributed by atoms with E-state index in [0.717, 1.165) is 47.9 Å². The van der Waals surface area contributed by atoms with Gasteiger partial charge in [0.1, 0.15) is 28.9 Å². The molecule has 2 amide bonds. The van der Waals surface area contributed by atoms with Crippen molar-refractivity contribution in [2.24, 2.45) is 22.9 Å². The Morgan fingerprint density at radius 2 is 1.70 bits per heavy atom. The van der Waals surface area contributed by atoms with E-state index in [1.165, 1.54) is 0 Å². The van der Waals surface area contributed by atoms with Gasteiger partial charge in [-0.05, 0) is 105 Å². The van der Waals surface area contributed by atoms with Crippen molar-refractivity contribution in [2.45, 2.75) is 102 Å². The van der Waals surface area contributed by atoms with Crippen molar-refractivity contribution in [1.82, 2.24) is 10.2 Å². The van der Waals surface area contributed by atoms with Crippen molar-refractivity contribution in [3.05, 3.63) is 114 Å². The fourth-order valence-corrected chi connectivity index (χ4v) is 9.15. The van der Waals surface area contributed by atoms with E-state index in [4.69, 9.17) is 28.9 Å². The van der Waals surface area contributed by atoms with Gasteiger partial charge >= 0.3 is 6.09 Å². The van der Waals surface area contributed by atoms with Gasteiger partial charge in [0.25, 0.3) is 0 Å². The number of carbonyl (C=O) groups excluding carboxylic acids is 2. The van der Waals surface area contributed by atoms with Crippen LogP contribution in [0.5, 0.6) is 17.2 Å². The van der Waals surface area contributed by atoms with E-state index < -0.39 is 29.4 Å². The molecule has 6 atom stereocenters. The van der Waals surface area contributed by atoms with Crippen LogP contribution in [0.2, 0.25) is 0 Å². The minimum Gasteiger partial charge on any atom is -0.497 e. The molecule has 12 heteroatoms. The number of allylic oxidation sites excluding steroid dienone is 1. The number of aliphatic hydroxyl groups excluding tert-OH is 2. The van der Waals surface area contributed by atoms with E-state index in [9.17, 15) is 19.8 Å². The van der Waals surface area contributed by atoms with Crippen LogP contribution in [-0.2, 0) is 27.3 Å². The molecule has 6 unspecified atom stereocenters. The van der Waals surface area contributed by atoms with E-state index in [-0.39, 0.29) is 56.3 Å². The standard InChI is InChI=1S/C49H63N3O9/c1-7-26-58-49-43(52(5)44(55)28-34-18-15-20-36(27-34)57-6)31-41(51-61-48(2,3)4)39-29-35(19-11-13-24-53)38(21-12-14-25-54)45(46(39)49)40-30-37(22-23-42(40)60-49)59-47(56)50-32-33-16-9-8-10-17-33/h7-10,15-18,20,22-23,27,29-30,35,38,43,45-46,53-54H,1,11-14,19,21,24-26,28,31-32H2,2-6H3,(H,50,56). The molecule has 0 radical (unpaired) electrons. The summed E-state index contributed by atoms with van der Waals surface area (Å²) in [6.07, 6.45) is 8.26. The highest BCUT2D eigenvalue weighted by Gasteiger charge is 2.65. The number of amides is 2. The number of methoxy groups -OCH3 is 1. The second kappa shape index (κ2) is 20.6. The van der Waals surface area contributed by atoms with Gasteiger partial charge in [-0.3, -0.25) is 4.79 Å². The Bertz CT molecular complexity index is 2030. The lowest BCUT2D eigenvalue weighted by Gasteiger charge is -2.59. The van der Waals surface area contributed by atoms with Crippen molar-refractivity contribution in [2.75, 3.05) is 34.0 Å². The van der Waals surface area contributed by atoms with Crippen LogP contribution in [0.4, 0.5) is 4.79 Å². The molecular weight excluding hydrogens is 775 g/mol. The monoisotopic (exact) mass is 837 g/mol. The Hall–Kier alpha value is -5.17. The van der Waals surface area contributed by atoms with Crippen LogP contribution >= 0.6 is 0 Å². The zero-order chi connectivity index (χ0) is 43.6. The molecular formula is C49H63N3O9. The molecule has 0 bridgehead atoms. The number of ether oxygens (including phenoxy) is 4. The van der Waals surface area contributed by atoms with Crippen LogP contribution in [0, 0.1) is 17.8 Å². The van der Waals surface area contributed by atoms with Crippen molar-refractivity contribution >= 4 is 17.7 Å². The molecule has 2 aliphatic carbocycles. The fraction of sp³-hybridized carbons (Fsp3) is 0.490. The highest BCUT2D eigenvalue weighted by molar-refractivity contribution is 6.03. The van der Waals surface area contributed by atoms with Crippen LogP contribution < -0.4 is 19.5 Å². The summed E-state index contributed by atoms with van der Waals surface area (Å²) in [7, 11) is 3.39. The van der Waals surface area contributed by atoms with Gasteiger partial charge in [0.05, 0.1) is 31.8 Å². The minimum absolute atomic E-state index is 0.0110. The molecule has 0 saturated heterocycles. The normalized spacial score (nSPS) is 23.4. The molecule has 3 N–H and O–H groups in total. The molecule has 12 nitrogen and oxygen atoms in total. The summed E-state index contributed by atoms with van der Waals surface area (Å²) in [5.74, 6) is -0.670. The minimum atomic E-state index is -1.40. The maximum absolute atomic E-state index is 14.5. The van der Waals surface area contributed by atoms with Gasteiger partial charge in [-0.1, -0.05) is 72.6 Å². The van der Waals surface area contributed by atoms with Crippen molar-refractivity contribution < 1.29 is 43.6 Å². The number of carbonyl (C=O) groups is 2. The van der Waals surface area contributed by atoms with E-state index in [1.807, 2.05) is 87.5 Å². The first-order valence-corrected chi connectivity index (χ1v) is 21.6. The first-order chi connectivity index (χ1) is 29.4. The zero-order valence-corrected chi connectivity index (χ0v) is 36.3. The number of hydrogen-bond acceptors (Lipinski definition) is 10. The number of rotatable bonds is 19. The predicted molar refractivity (Wildman–Crippen MR) is 235 cm³/mol. The van der Waals surface area contributed by atoms with Gasteiger partial charge in [0.15, 0.2) is 0 Å². The number of benzene rings is 3. The number of aliphatic hydroxyl groups is 2. The van der Waals surface area contributed by atoms with Gasteiger partial charge in [0.2, 0.25) is 11.7 Å². The van der Waals surface area contributed by atoms with Crippen molar-refractivity contribution in [3.8, 4) is 17.2 Å². The first-order valence-electron chi connectivity index (χ1n) is 21.6. The lowest BCUT2D eigenvalue weighted by atomic mass is 9.55. The third-order valence-corrected chi connectivity index (χ3v) is 11.9. The maximum atomic E-state index is 14.5. The van der Waals surface area contributed by atoms with Gasteiger partial charge in [-0.25, -0.2) is 4.79 Å². The van der Waals surface area contributed by atoms with E-state index in [2.05, 4.69) is 18.0 Å². The van der Waals surface area contributed by atoms with Gasteiger partial charge < -0.3 is 44.2 Å². The van der Waals surface area contributed by atoms with Gasteiger partial charge in [-0.2, -0.15) is 0 Å². The molecule has 3 aliphatic rings. The van der Waals surface area contributed by atoms with Crippen LogP contribution in [0.1, 0.15) is 88.3 Å². The lowest BCUT2D eigenvalue weighted by Crippen LogP contribution is -2.69. The second-order valence-corrected chi connectivity index (χ2v) is 17.2. The summed E-state index contributed by atoms with van der Waals surface area (Å²) < 4.78 is 25.6. The Kier molecular flexibility index (Phi) is 15.3. The summed E-state index contributed by atoms with van der Waals surface area (Å²) in [4.78, 5) is 35.7. The molecule has 61 heavy (non-hydrogen) atoms. The van der Waals surface area contributed by atoms with E-state index in [1.54, 1.807) is 31.2 Å². The molecule has 6 rings (SSSR count). The number of fused-ring (bicyclic) bond motifs is 2. The number of nitrogens with one attached hydrogen (secondary N) is 1. The highest BCUT2D eigenvalue weighted by Crippen LogP contribution is 2.62. The molecule has 1 aliphatic heterocycles. The summed E-state index contributed by atoms with van der Waals surface area (Å²) in [5.41, 5.74) is 3.63. The number of unbranched alkanes of at least 4 members (excludes halogenated alkanes) is 2. The van der Waals surface area contributed by atoms with Crippen LogP contribution in [0.25, 0.3) is 0 Å². The predicted octanol–water partition coefficient (Wildman–Crippen LogP) is 8.12. The summed E-state index contributed by atoms with van der Waals surface area (Å²) in [6, 6.07) is 21.9. The first kappa shape index (κ1) is 45.4. The van der Waals surface area contributed by atoms with Crippen LogP contribution in [0.15, 0.2) is 102 Å². The largest absolute Gasteiger partial charge is 0.497 e. The topological polar surface area (TPSA) is 148 Å². The van der Waals surface area contributed by atoms with Crippen LogP contribution in [-0.4, -0.2) is 84.2 Å². The zero-order valence-electron chi connectivity index (χ0n) is 36.3. The van der Waals surface area contributed by atoms with Crippen molar-refractivity contribution in [1.29, 1.82) is 0 Å². The summed E-state index contributed by atoms with van der Waals surface area (Å²) in [5, 5.41) is 27.5. The highest BCUT2D eigenvalue weighted by atomic mass is 16.7. The number of oxime groups is 1. The second-order valence-electron chi connectivity index (χ2n) is 17.2. The van der Waals surface area contributed by atoms with E-state index in [0.29, 0.717) is 42.3 Å². The third-order valence-electron chi connectivity index (χ3n) is 11.9. The quantitative estimate of drug-likeness (QED) is 0.0619. The Morgan fingerprint density at radius 3 is 2.41 bits per heavy atom. The summed E-state index contributed by atoms with van der Waals surface area (Å²) in [6.45, 7) is 10.5.